The molecule has 0 spiro atoms. The van der Waals surface area contributed by atoms with Crippen molar-refractivity contribution in [1.82, 2.24) is 19.9 Å². The van der Waals surface area contributed by atoms with Crippen LogP contribution < -0.4 is 8.46 Å². The number of rotatable bonds is 4. The van der Waals surface area contributed by atoms with Gasteiger partial charge < -0.3 is 8.46 Å². The van der Waals surface area contributed by atoms with Gasteiger partial charge in [0.2, 0.25) is 21.7 Å². The standard InChI is InChI=1S/C8H14N6Si3/c15-13(7-9-3-1-4-10-7)17-14(16)8-11-5-2-6-12-8/h1-6H,17H2,15-16H3. The Morgan fingerprint density at radius 3 is 1.47 bits per heavy atom. The van der Waals surface area contributed by atoms with Crippen LogP contribution >= 0.6 is 0 Å². The number of aromatic nitrogens is 4. The fourth-order valence-electron chi connectivity index (χ4n) is 1.42. The van der Waals surface area contributed by atoms with Crippen molar-refractivity contribution in [3.05, 3.63) is 36.9 Å². The molecule has 0 bridgehead atoms. The summed E-state index contributed by atoms with van der Waals surface area (Å²) in [5.41, 5.74) is 0. The number of nitrogens with zero attached hydrogens (tertiary/aromatic N) is 6. The molecular formula is C8H14N6Si3. The lowest BCUT2D eigenvalue weighted by Crippen LogP contribution is -2.40. The van der Waals surface area contributed by atoms with Crippen molar-refractivity contribution in [2.45, 2.75) is 0 Å². The van der Waals surface area contributed by atoms with Crippen molar-refractivity contribution in [3.8, 4) is 0 Å². The van der Waals surface area contributed by atoms with Crippen LogP contribution in [0.4, 0.5) is 11.9 Å². The number of anilines is 2. The molecule has 2 rings (SSSR count). The van der Waals surface area contributed by atoms with E-state index < -0.39 is 9.84 Å². The van der Waals surface area contributed by atoms with Crippen molar-refractivity contribution in [1.29, 1.82) is 0 Å². The minimum Gasteiger partial charge on any atom is -0.391 e. The van der Waals surface area contributed by atoms with Gasteiger partial charge in [-0.25, -0.2) is 19.9 Å². The van der Waals surface area contributed by atoms with E-state index in [2.05, 4.69) is 28.4 Å². The summed E-state index contributed by atoms with van der Waals surface area (Å²) in [6.07, 6.45) is 7.10. The summed E-state index contributed by atoms with van der Waals surface area (Å²) in [7, 11) is 1.25. The summed E-state index contributed by atoms with van der Waals surface area (Å²) in [6.45, 7) is 0. The Kier molecular flexibility index (Phi) is 3.95. The summed E-state index contributed by atoms with van der Waals surface area (Å²) < 4.78 is 4.48. The van der Waals surface area contributed by atoms with Crippen molar-refractivity contribution >= 4 is 42.5 Å². The van der Waals surface area contributed by atoms with Gasteiger partial charge in [-0.15, -0.1) is 0 Å². The zero-order valence-corrected chi connectivity index (χ0v) is 15.3. The lowest BCUT2D eigenvalue weighted by Gasteiger charge is -2.24. The Morgan fingerprint density at radius 2 is 1.12 bits per heavy atom. The Bertz CT molecular complexity index is 412. The van der Waals surface area contributed by atoms with Crippen LogP contribution in [0.1, 0.15) is 0 Å². The summed E-state index contributed by atoms with van der Waals surface area (Å²) >= 11 is 0. The first kappa shape index (κ1) is 11.9. The van der Waals surface area contributed by atoms with E-state index in [1.54, 1.807) is 24.8 Å². The van der Waals surface area contributed by atoms with Gasteiger partial charge in [0.1, 0.15) is 20.8 Å². The van der Waals surface area contributed by atoms with Crippen LogP contribution in [0.5, 0.6) is 0 Å². The van der Waals surface area contributed by atoms with Crippen molar-refractivity contribution in [2.75, 3.05) is 8.46 Å². The van der Waals surface area contributed by atoms with E-state index in [9.17, 15) is 0 Å². The molecule has 0 aliphatic carbocycles. The second-order valence-electron chi connectivity index (χ2n) is 3.63. The molecule has 0 saturated carbocycles. The first-order valence-electron chi connectivity index (χ1n) is 5.23. The third-order valence-corrected chi connectivity index (χ3v) is 6.12. The molecule has 2 aromatic rings. The highest BCUT2D eigenvalue weighted by Gasteiger charge is 2.08. The van der Waals surface area contributed by atoms with Gasteiger partial charge >= 0.3 is 0 Å². The third kappa shape index (κ3) is 3.18. The van der Waals surface area contributed by atoms with E-state index in [1.165, 1.54) is 0 Å². The first-order chi connectivity index (χ1) is 8.27. The average molecular weight is 279 g/mol. The zero-order chi connectivity index (χ0) is 12.1. The smallest absolute Gasteiger partial charge is 0.218 e. The minimum atomic E-state index is -0.596. The minimum absolute atomic E-state index is 0.596. The molecule has 0 amide bonds. The van der Waals surface area contributed by atoms with Gasteiger partial charge in [0.25, 0.3) is 0 Å². The summed E-state index contributed by atoms with van der Waals surface area (Å²) in [6, 6.07) is 3.67. The highest BCUT2D eigenvalue weighted by atomic mass is 28.3. The molecule has 6 nitrogen and oxygen atoms in total. The van der Waals surface area contributed by atoms with E-state index in [0.717, 1.165) is 32.7 Å². The predicted octanol–water partition coefficient (Wildman–Crippen LogP) is -2.86. The summed E-state index contributed by atoms with van der Waals surface area (Å²) in [5.74, 6) is 1.64. The van der Waals surface area contributed by atoms with Crippen LogP contribution in [0.3, 0.4) is 0 Å². The lowest BCUT2D eigenvalue weighted by molar-refractivity contribution is 1.12. The van der Waals surface area contributed by atoms with Crippen LogP contribution in [-0.4, -0.2) is 50.6 Å². The fraction of sp³-hybridized carbons (Fsp3) is 0. The van der Waals surface area contributed by atoms with Crippen LogP contribution in [0.2, 0.25) is 0 Å². The van der Waals surface area contributed by atoms with Crippen molar-refractivity contribution in [3.63, 3.8) is 0 Å². The number of hydrogen-bond donors (Lipinski definition) is 0. The molecule has 0 unspecified atom stereocenters. The molecule has 2 heterocycles. The predicted molar refractivity (Wildman–Crippen MR) is 77.4 cm³/mol. The van der Waals surface area contributed by atoms with E-state index in [0.29, 0.717) is 0 Å². The van der Waals surface area contributed by atoms with Gasteiger partial charge in [-0.3, -0.25) is 0 Å². The Labute approximate surface area is 108 Å². The SMILES string of the molecule is [SiH3]N([SiH2]N([SiH3])c1ncccn1)c1ncccn1. The fourth-order valence-corrected chi connectivity index (χ4v) is 7.34. The summed E-state index contributed by atoms with van der Waals surface area (Å²) in [4.78, 5) is 17.0. The molecule has 0 atom stereocenters. The second kappa shape index (κ2) is 5.65. The molecule has 0 aromatic carbocycles. The van der Waals surface area contributed by atoms with Gasteiger partial charge in [-0.05, 0) is 12.1 Å². The molecule has 0 aliphatic rings. The van der Waals surface area contributed by atoms with Crippen LogP contribution in [-0.2, 0) is 0 Å². The Morgan fingerprint density at radius 1 is 0.765 bits per heavy atom. The van der Waals surface area contributed by atoms with Gasteiger partial charge in [0.05, 0.1) is 0 Å². The third-order valence-electron chi connectivity index (χ3n) is 2.21. The van der Waals surface area contributed by atoms with Gasteiger partial charge in [-0.2, -0.15) is 0 Å². The first-order valence-corrected chi connectivity index (χ1v) is 8.29. The van der Waals surface area contributed by atoms with Crippen LogP contribution in [0.25, 0.3) is 0 Å². The van der Waals surface area contributed by atoms with E-state index in [4.69, 9.17) is 0 Å². The van der Waals surface area contributed by atoms with E-state index in [1.807, 2.05) is 12.1 Å². The van der Waals surface area contributed by atoms with Gasteiger partial charge in [-0.1, -0.05) is 0 Å². The molecule has 17 heavy (non-hydrogen) atoms. The average Bonchev–Trinajstić information content (AvgIpc) is 2.40. The second-order valence-corrected chi connectivity index (χ2v) is 10.5. The Balaban J connectivity index is 2.02. The monoisotopic (exact) mass is 278 g/mol. The van der Waals surface area contributed by atoms with E-state index >= 15 is 0 Å². The molecule has 0 fully saturated rings. The molecule has 9 heteroatoms. The highest BCUT2D eigenvalue weighted by molar-refractivity contribution is 6.65. The van der Waals surface area contributed by atoms with E-state index in [-0.39, 0.29) is 0 Å². The van der Waals surface area contributed by atoms with Crippen LogP contribution in [0, 0.1) is 0 Å². The lowest BCUT2D eigenvalue weighted by atomic mass is 10.7. The molecule has 0 radical (unpaired) electrons. The summed E-state index contributed by atoms with van der Waals surface area (Å²) in [5, 5.41) is 0. The van der Waals surface area contributed by atoms with Crippen LogP contribution in [0.15, 0.2) is 36.9 Å². The van der Waals surface area contributed by atoms with Crippen molar-refractivity contribution < 1.29 is 0 Å². The molecule has 2 aromatic heterocycles. The van der Waals surface area contributed by atoms with Gasteiger partial charge in [0.15, 0.2) is 0 Å². The molecule has 0 N–H and O–H groups in total. The Hall–Kier alpha value is -1.59. The molecular weight excluding hydrogens is 264 g/mol. The topological polar surface area (TPSA) is 58.0 Å². The molecule has 0 saturated heterocycles. The maximum Gasteiger partial charge on any atom is 0.218 e. The molecule has 88 valence electrons. The normalized spacial score (nSPS) is 11.1. The maximum atomic E-state index is 4.26. The quantitative estimate of drug-likeness (QED) is 0.561. The van der Waals surface area contributed by atoms with Crippen molar-refractivity contribution in [2.24, 2.45) is 0 Å². The van der Waals surface area contributed by atoms with Gasteiger partial charge in [0, 0.05) is 24.8 Å². The number of hydrogen-bond acceptors (Lipinski definition) is 6. The highest BCUT2D eigenvalue weighted by Crippen LogP contribution is 2.04. The zero-order valence-electron chi connectivity index (χ0n) is 9.85. The maximum absolute atomic E-state index is 4.26. The molecule has 0 aliphatic heterocycles. The largest absolute Gasteiger partial charge is 0.391 e.